The number of unbranched alkanes of at least 4 members (excludes halogenated alkanes) is 19. The molecule has 52 heavy (non-hydrogen) atoms. The highest BCUT2D eigenvalue weighted by atomic mass is 31.2. The zero-order chi connectivity index (χ0) is 38.2. The smallest absolute Gasteiger partial charge is 0.462 e. The van der Waals surface area contributed by atoms with Crippen LogP contribution in [0.25, 0.3) is 0 Å². The number of phosphoric ester groups is 1. The van der Waals surface area contributed by atoms with Gasteiger partial charge in [0.15, 0.2) is 6.10 Å². The third-order valence-corrected chi connectivity index (χ3v) is 9.75. The Hall–Kier alpha value is -1.77. The molecule has 0 bridgehead atoms. The van der Waals surface area contributed by atoms with Gasteiger partial charge in [0.2, 0.25) is 0 Å². The van der Waals surface area contributed by atoms with Gasteiger partial charge in [-0.1, -0.05) is 153 Å². The van der Waals surface area contributed by atoms with Crippen molar-refractivity contribution in [3.63, 3.8) is 0 Å². The third-order valence-electron chi connectivity index (χ3n) is 8.76. The van der Waals surface area contributed by atoms with Gasteiger partial charge in [0.25, 0.3) is 0 Å². The van der Waals surface area contributed by atoms with Crippen LogP contribution in [0.5, 0.6) is 0 Å². The van der Waals surface area contributed by atoms with Crippen molar-refractivity contribution >= 4 is 19.8 Å². The average Bonchev–Trinajstić information content (AvgIpc) is 3.12. The Morgan fingerprint density at radius 2 is 1.04 bits per heavy atom. The van der Waals surface area contributed by atoms with E-state index >= 15 is 0 Å². The van der Waals surface area contributed by atoms with E-state index in [1.165, 1.54) is 96.3 Å². The van der Waals surface area contributed by atoms with Gasteiger partial charge in [-0.15, -0.1) is 0 Å². The van der Waals surface area contributed by atoms with Crippen LogP contribution in [-0.2, 0) is 32.7 Å². The molecule has 0 amide bonds. The monoisotopic (exact) mass is 756 g/mol. The Morgan fingerprint density at radius 3 is 1.58 bits per heavy atom. The van der Waals surface area contributed by atoms with Crippen molar-refractivity contribution in [2.45, 2.75) is 187 Å². The summed E-state index contributed by atoms with van der Waals surface area (Å²) in [4.78, 5) is 35.0. The second kappa shape index (κ2) is 38.9. The van der Waals surface area contributed by atoms with Crippen LogP contribution in [0.15, 0.2) is 36.5 Å². The molecule has 0 spiro atoms. The van der Waals surface area contributed by atoms with E-state index in [4.69, 9.17) is 18.5 Å². The zero-order valence-corrected chi connectivity index (χ0v) is 34.4. The summed E-state index contributed by atoms with van der Waals surface area (Å²) in [5.74, 6) is -0.848. The molecule has 0 rings (SSSR count). The largest absolute Gasteiger partial charge is 0.472 e. The number of likely N-dealkylation sites (N-methyl/N-ethyl adjacent to an activating group) is 1. The molecule has 9 nitrogen and oxygen atoms in total. The van der Waals surface area contributed by atoms with Gasteiger partial charge in [0, 0.05) is 19.4 Å². The summed E-state index contributed by atoms with van der Waals surface area (Å²) < 4.78 is 33.1. The van der Waals surface area contributed by atoms with E-state index in [0.717, 1.165) is 51.4 Å². The molecule has 0 aromatic heterocycles. The van der Waals surface area contributed by atoms with Gasteiger partial charge in [-0.05, 0) is 58.4 Å². The summed E-state index contributed by atoms with van der Waals surface area (Å²) in [6.07, 6.45) is 40.4. The van der Waals surface area contributed by atoms with Gasteiger partial charge in [0.1, 0.15) is 6.61 Å². The highest BCUT2D eigenvalue weighted by molar-refractivity contribution is 7.47. The van der Waals surface area contributed by atoms with Gasteiger partial charge in [-0.2, -0.15) is 0 Å². The predicted octanol–water partition coefficient (Wildman–Crippen LogP) is 11.6. The molecule has 0 saturated carbocycles. The number of hydrogen-bond donors (Lipinski definition) is 2. The number of carbonyl (C=O) groups excluding carboxylic acids is 2. The second-order valence-electron chi connectivity index (χ2n) is 13.8. The first-order valence-electron chi connectivity index (χ1n) is 20.9. The minimum absolute atomic E-state index is 0.0236. The molecule has 0 aliphatic rings. The van der Waals surface area contributed by atoms with Gasteiger partial charge < -0.3 is 19.7 Å². The highest BCUT2D eigenvalue weighted by Gasteiger charge is 2.26. The molecule has 0 fully saturated rings. The van der Waals surface area contributed by atoms with Gasteiger partial charge >= 0.3 is 19.8 Å². The molecular weight excluding hydrogens is 677 g/mol. The Kier molecular flexibility index (Phi) is 37.6. The minimum atomic E-state index is -4.35. The number of nitrogens with one attached hydrogen (secondary N) is 1. The lowest BCUT2D eigenvalue weighted by Gasteiger charge is -2.20. The van der Waals surface area contributed by atoms with Crippen LogP contribution in [0.3, 0.4) is 0 Å². The second-order valence-corrected chi connectivity index (χ2v) is 15.3. The molecule has 0 aliphatic carbocycles. The number of ether oxygens (including phenoxy) is 2. The summed E-state index contributed by atoms with van der Waals surface area (Å²) in [5, 5.41) is 2.82. The van der Waals surface area contributed by atoms with Gasteiger partial charge in [0.05, 0.1) is 13.2 Å². The van der Waals surface area contributed by atoms with Crippen molar-refractivity contribution in [1.82, 2.24) is 5.32 Å². The average molecular weight is 756 g/mol. The molecule has 0 aromatic carbocycles. The Labute approximate surface area is 318 Å². The minimum Gasteiger partial charge on any atom is -0.462 e. The van der Waals surface area contributed by atoms with Gasteiger partial charge in [-0.25, -0.2) is 4.57 Å². The lowest BCUT2D eigenvalue weighted by Crippen LogP contribution is -2.29. The van der Waals surface area contributed by atoms with Crippen molar-refractivity contribution in [1.29, 1.82) is 0 Å². The maximum atomic E-state index is 12.6. The number of phosphoric acid groups is 1. The van der Waals surface area contributed by atoms with E-state index in [1.807, 2.05) is 0 Å². The summed E-state index contributed by atoms with van der Waals surface area (Å²) in [5.41, 5.74) is 0. The van der Waals surface area contributed by atoms with Crippen molar-refractivity contribution in [2.75, 3.05) is 33.4 Å². The van der Waals surface area contributed by atoms with E-state index in [1.54, 1.807) is 7.05 Å². The topological polar surface area (TPSA) is 120 Å². The summed E-state index contributed by atoms with van der Waals surface area (Å²) in [6.45, 7) is 4.15. The lowest BCUT2D eigenvalue weighted by molar-refractivity contribution is -0.161. The number of rotatable bonds is 39. The molecule has 0 aliphatic heterocycles. The molecule has 0 radical (unpaired) electrons. The quantitative estimate of drug-likeness (QED) is 0.0273. The van der Waals surface area contributed by atoms with E-state index in [-0.39, 0.29) is 32.0 Å². The molecule has 2 N–H and O–H groups in total. The fourth-order valence-corrected chi connectivity index (χ4v) is 6.31. The molecular formula is C42H78NO8P. The van der Waals surface area contributed by atoms with E-state index in [2.05, 4.69) is 55.6 Å². The van der Waals surface area contributed by atoms with E-state index in [0.29, 0.717) is 13.0 Å². The van der Waals surface area contributed by atoms with Crippen LogP contribution >= 0.6 is 7.82 Å². The molecule has 2 atom stereocenters. The predicted molar refractivity (Wildman–Crippen MR) is 215 cm³/mol. The van der Waals surface area contributed by atoms with E-state index < -0.39 is 26.5 Å². The fourth-order valence-electron chi connectivity index (χ4n) is 5.56. The Morgan fingerprint density at radius 1 is 0.596 bits per heavy atom. The third kappa shape index (κ3) is 38.0. The normalized spacial score (nSPS) is 13.7. The number of hydrogen-bond acceptors (Lipinski definition) is 8. The first-order valence-corrected chi connectivity index (χ1v) is 22.4. The van der Waals surface area contributed by atoms with Crippen molar-refractivity contribution in [3.8, 4) is 0 Å². The Bertz CT molecular complexity index is 954. The maximum absolute atomic E-state index is 12.6. The SMILES string of the molecule is CCCCC/C=C\C/C=C\C/C=C\CCCCC(=O)OC(COC(=O)CCCCCCCCCCCCCCCCC)COP(=O)(O)OCCNC. The van der Waals surface area contributed by atoms with Crippen LogP contribution in [0, 0.1) is 0 Å². The number of allylic oxidation sites excluding steroid dienone is 6. The zero-order valence-electron chi connectivity index (χ0n) is 33.5. The Balaban J connectivity index is 4.30. The molecule has 10 heteroatoms. The summed E-state index contributed by atoms with van der Waals surface area (Å²) >= 11 is 0. The van der Waals surface area contributed by atoms with Crippen molar-refractivity contribution in [2.24, 2.45) is 0 Å². The standard InChI is InChI=1S/C42H78NO8P/c1-4-6-8-10-12-14-16-18-20-22-24-26-28-30-32-34-41(44)48-38-40(39-50-52(46,47)49-37-36-43-3)51-42(45)35-33-31-29-27-25-23-21-19-17-15-13-11-9-7-5-2/h13,15,19,21,25,27,40,43H,4-12,14,16-18,20,22-24,26,28-39H2,1-3H3,(H,46,47)/b15-13-,21-19-,27-25-. The number of esters is 2. The molecule has 2 unspecified atom stereocenters. The van der Waals surface area contributed by atoms with Crippen molar-refractivity contribution in [3.05, 3.63) is 36.5 Å². The van der Waals surface area contributed by atoms with Crippen LogP contribution in [0.1, 0.15) is 181 Å². The maximum Gasteiger partial charge on any atom is 0.472 e. The molecule has 304 valence electrons. The van der Waals surface area contributed by atoms with Crippen LogP contribution < -0.4 is 5.32 Å². The van der Waals surface area contributed by atoms with E-state index in [9.17, 15) is 19.0 Å². The van der Waals surface area contributed by atoms with Gasteiger partial charge in [-0.3, -0.25) is 18.6 Å². The number of carbonyl (C=O) groups is 2. The van der Waals surface area contributed by atoms with Crippen LogP contribution in [0.4, 0.5) is 0 Å². The first-order chi connectivity index (χ1) is 25.3. The van der Waals surface area contributed by atoms with Crippen LogP contribution in [-0.4, -0.2) is 56.3 Å². The summed E-state index contributed by atoms with van der Waals surface area (Å²) in [7, 11) is -2.66. The summed E-state index contributed by atoms with van der Waals surface area (Å²) in [6, 6.07) is 0. The fraction of sp³-hybridized carbons (Fsp3) is 0.810. The molecule has 0 aromatic rings. The highest BCUT2D eigenvalue weighted by Crippen LogP contribution is 2.43. The molecule has 0 heterocycles. The first kappa shape index (κ1) is 50.2. The van der Waals surface area contributed by atoms with Crippen LogP contribution in [0.2, 0.25) is 0 Å². The van der Waals surface area contributed by atoms with Crippen molar-refractivity contribution < 1.29 is 37.6 Å². The molecule has 0 saturated heterocycles. The lowest BCUT2D eigenvalue weighted by atomic mass is 10.0.